The Morgan fingerprint density at radius 3 is 2.47 bits per heavy atom. The van der Waals surface area contributed by atoms with Gasteiger partial charge < -0.3 is 0 Å². The molecule has 0 spiro atoms. The highest BCUT2D eigenvalue weighted by atomic mass is 14.9. The lowest BCUT2D eigenvalue weighted by molar-refractivity contribution is 0.867. The van der Waals surface area contributed by atoms with Crippen molar-refractivity contribution in [1.82, 2.24) is 9.97 Å². The third-order valence-corrected chi connectivity index (χ3v) is 2.59. The molecule has 3 nitrogen and oxygen atoms in total. The maximum atomic E-state index is 8.69. The molecule has 0 bridgehead atoms. The Kier molecular flexibility index (Phi) is 3.15. The van der Waals surface area contributed by atoms with Crippen LogP contribution in [0, 0.1) is 11.3 Å². The first kappa shape index (κ1) is 11.3. The van der Waals surface area contributed by atoms with Crippen molar-refractivity contribution in [2.24, 2.45) is 0 Å². The van der Waals surface area contributed by atoms with Gasteiger partial charge in [-0.3, -0.25) is 0 Å². The van der Waals surface area contributed by atoms with Crippen LogP contribution in [0.15, 0.2) is 36.7 Å². The predicted octanol–water partition coefficient (Wildman–Crippen LogP) is 3.14. The molecule has 0 fully saturated rings. The topological polar surface area (TPSA) is 49.6 Å². The number of aromatic nitrogens is 2. The molecular weight excluding hydrogens is 210 g/mol. The number of hydrogen-bond donors (Lipinski definition) is 0. The van der Waals surface area contributed by atoms with Gasteiger partial charge in [0.05, 0.1) is 5.56 Å². The molecule has 17 heavy (non-hydrogen) atoms. The van der Waals surface area contributed by atoms with Crippen molar-refractivity contribution in [3.05, 3.63) is 47.8 Å². The molecule has 0 aliphatic heterocycles. The summed E-state index contributed by atoms with van der Waals surface area (Å²) in [6, 6.07) is 10.2. The summed E-state index contributed by atoms with van der Waals surface area (Å²) in [6.45, 7) is 4.30. The predicted molar refractivity (Wildman–Crippen MR) is 66.3 cm³/mol. The first-order valence-corrected chi connectivity index (χ1v) is 5.53. The highest BCUT2D eigenvalue weighted by Crippen LogP contribution is 2.21. The molecular formula is C14H13N3. The zero-order chi connectivity index (χ0) is 12.3. The number of hydrogen-bond acceptors (Lipinski definition) is 3. The van der Waals surface area contributed by atoms with Crippen LogP contribution in [-0.4, -0.2) is 9.97 Å². The van der Waals surface area contributed by atoms with E-state index in [9.17, 15) is 0 Å². The van der Waals surface area contributed by atoms with E-state index in [1.807, 2.05) is 18.2 Å². The minimum atomic E-state index is 0.480. The largest absolute Gasteiger partial charge is 0.235 e. The molecule has 0 atom stereocenters. The van der Waals surface area contributed by atoms with Gasteiger partial charge in [-0.15, -0.1) is 0 Å². The molecule has 1 aromatic carbocycles. The van der Waals surface area contributed by atoms with Crippen LogP contribution in [0.2, 0.25) is 0 Å². The average molecular weight is 223 g/mol. The second-order valence-corrected chi connectivity index (χ2v) is 4.19. The van der Waals surface area contributed by atoms with Crippen LogP contribution in [0.4, 0.5) is 0 Å². The van der Waals surface area contributed by atoms with E-state index in [-0.39, 0.29) is 0 Å². The summed E-state index contributed by atoms with van der Waals surface area (Å²) in [5.74, 6) is 1.14. The Morgan fingerprint density at radius 1 is 1.18 bits per heavy atom. The Hall–Kier alpha value is -2.21. The third kappa shape index (κ3) is 2.48. The van der Waals surface area contributed by atoms with Gasteiger partial charge in [0.2, 0.25) is 0 Å². The van der Waals surface area contributed by atoms with Gasteiger partial charge in [-0.2, -0.15) is 5.26 Å². The Balaban J connectivity index is 2.39. The van der Waals surface area contributed by atoms with Crippen molar-refractivity contribution in [3.8, 4) is 17.5 Å². The molecule has 0 N–H and O–H groups in total. The molecule has 0 radical (unpaired) electrons. The quantitative estimate of drug-likeness (QED) is 0.785. The molecule has 84 valence electrons. The van der Waals surface area contributed by atoms with Crippen LogP contribution >= 0.6 is 0 Å². The Bertz CT molecular complexity index is 550. The smallest absolute Gasteiger partial charge is 0.159 e. The zero-order valence-electron chi connectivity index (χ0n) is 9.88. The first-order valence-electron chi connectivity index (χ1n) is 5.53. The van der Waals surface area contributed by atoms with Crippen molar-refractivity contribution in [2.75, 3.05) is 0 Å². The second-order valence-electron chi connectivity index (χ2n) is 4.19. The molecule has 0 saturated heterocycles. The minimum Gasteiger partial charge on any atom is -0.235 e. The van der Waals surface area contributed by atoms with E-state index in [0.717, 1.165) is 5.56 Å². The number of benzene rings is 1. The molecule has 2 aromatic rings. The van der Waals surface area contributed by atoms with E-state index in [1.165, 1.54) is 5.56 Å². The van der Waals surface area contributed by atoms with Crippen molar-refractivity contribution in [2.45, 2.75) is 19.8 Å². The summed E-state index contributed by atoms with van der Waals surface area (Å²) in [7, 11) is 0. The van der Waals surface area contributed by atoms with Crippen LogP contribution < -0.4 is 0 Å². The van der Waals surface area contributed by atoms with E-state index >= 15 is 0 Å². The van der Waals surface area contributed by atoms with Gasteiger partial charge in [0.15, 0.2) is 5.82 Å². The molecule has 0 aliphatic carbocycles. The SMILES string of the molecule is CC(C)c1cccc(-c2ncc(C#N)cn2)c1. The van der Waals surface area contributed by atoms with Gasteiger partial charge in [0, 0.05) is 18.0 Å². The lowest BCUT2D eigenvalue weighted by Crippen LogP contribution is -1.92. The van der Waals surface area contributed by atoms with Gasteiger partial charge in [-0.05, 0) is 17.5 Å². The summed E-state index contributed by atoms with van der Waals surface area (Å²) in [6.07, 6.45) is 3.09. The van der Waals surface area contributed by atoms with Gasteiger partial charge in [0.1, 0.15) is 6.07 Å². The maximum Gasteiger partial charge on any atom is 0.159 e. The van der Waals surface area contributed by atoms with Gasteiger partial charge in [0.25, 0.3) is 0 Å². The molecule has 0 saturated carbocycles. The summed E-state index contributed by atoms with van der Waals surface area (Å²) >= 11 is 0. The van der Waals surface area contributed by atoms with Crippen molar-refractivity contribution in [3.63, 3.8) is 0 Å². The summed E-state index contributed by atoms with van der Waals surface area (Å²) < 4.78 is 0. The van der Waals surface area contributed by atoms with Gasteiger partial charge >= 0.3 is 0 Å². The molecule has 1 heterocycles. The fraction of sp³-hybridized carbons (Fsp3) is 0.214. The minimum absolute atomic E-state index is 0.480. The monoisotopic (exact) mass is 223 g/mol. The normalized spacial score (nSPS) is 10.2. The van der Waals surface area contributed by atoms with Crippen LogP contribution in [0.1, 0.15) is 30.9 Å². The lowest BCUT2D eigenvalue weighted by Gasteiger charge is -2.07. The zero-order valence-corrected chi connectivity index (χ0v) is 9.88. The van der Waals surface area contributed by atoms with E-state index in [1.54, 1.807) is 12.4 Å². The van der Waals surface area contributed by atoms with E-state index in [4.69, 9.17) is 5.26 Å². The molecule has 1 aromatic heterocycles. The average Bonchev–Trinajstić information content (AvgIpc) is 2.39. The summed E-state index contributed by atoms with van der Waals surface area (Å²) in [4.78, 5) is 8.37. The molecule has 2 rings (SSSR count). The molecule has 0 unspecified atom stereocenters. The maximum absolute atomic E-state index is 8.69. The fourth-order valence-electron chi connectivity index (χ4n) is 1.57. The van der Waals surface area contributed by atoms with Gasteiger partial charge in [-0.25, -0.2) is 9.97 Å². The number of rotatable bonds is 2. The summed E-state index contributed by atoms with van der Waals surface area (Å²) in [5.41, 5.74) is 2.73. The van der Waals surface area contributed by atoms with Crippen molar-refractivity contribution >= 4 is 0 Å². The highest BCUT2D eigenvalue weighted by Gasteiger charge is 2.04. The molecule has 0 aliphatic rings. The lowest BCUT2D eigenvalue weighted by atomic mass is 10.0. The first-order chi connectivity index (χ1) is 8.20. The van der Waals surface area contributed by atoms with Gasteiger partial charge in [-0.1, -0.05) is 32.0 Å². The van der Waals surface area contributed by atoms with Crippen LogP contribution in [0.3, 0.4) is 0 Å². The van der Waals surface area contributed by atoms with E-state index in [0.29, 0.717) is 17.3 Å². The number of nitriles is 1. The molecule has 3 heteroatoms. The van der Waals surface area contributed by atoms with E-state index < -0.39 is 0 Å². The second kappa shape index (κ2) is 4.75. The number of nitrogens with zero attached hydrogens (tertiary/aromatic N) is 3. The third-order valence-electron chi connectivity index (χ3n) is 2.59. The summed E-state index contributed by atoms with van der Waals surface area (Å²) in [5, 5.41) is 8.69. The van der Waals surface area contributed by atoms with Crippen LogP contribution in [0.5, 0.6) is 0 Å². The standard InChI is InChI=1S/C14H13N3/c1-10(2)12-4-3-5-13(6-12)14-16-8-11(7-15)9-17-14/h3-6,8-10H,1-2H3. The van der Waals surface area contributed by atoms with Crippen molar-refractivity contribution in [1.29, 1.82) is 5.26 Å². The Labute approximate surface area is 101 Å². The van der Waals surface area contributed by atoms with Crippen molar-refractivity contribution < 1.29 is 0 Å². The molecule has 0 amide bonds. The fourth-order valence-corrected chi connectivity index (χ4v) is 1.57. The van der Waals surface area contributed by atoms with Crippen LogP contribution in [0.25, 0.3) is 11.4 Å². The Morgan fingerprint density at radius 2 is 1.88 bits per heavy atom. The highest BCUT2D eigenvalue weighted by molar-refractivity contribution is 5.56. The van der Waals surface area contributed by atoms with Crippen LogP contribution in [-0.2, 0) is 0 Å². The van der Waals surface area contributed by atoms with E-state index in [2.05, 4.69) is 35.9 Å².